The molecule has 9 nitrogen and oxygen atoms in total. The van der Waals surface area contributed by atoms with E-state index in [0.717, 1.165) is 72.3 Å². The van der Waals surface area contributed by atoms with E-state index in [9.17, 15) is 14.7 Å². The minimum Gasteiger partial charge on any atom is -0.392 e. The predicted octanol–water partition coefficient (Wildman–Crippen LogP) is 6.51. The van der Waals surface area contributed by atoms with Crippen molar-refractivity contribution in [2.75, 3.05) is 39.3 Å². The second-order valence-corrected chi connectivity index (χ2v) is 15.0. The number of hydrogen-bond acceptors (Lipinski definition) is 7. The van der Waals surface area contributed by atoms with E-state index in [1.54, 1.807) is 0 Å². The summed E-state index contributed by atoms with van der Waals surface area (Å²) in [5.41, 5.74) is 6.21. The first-order valence-electron chi connectivity index (χ1n) is 19.5. The Morgan fingerprint density at radius 3 is 2.33 bits per heavy atom. The quantitative estimate of drug-likeness (QED) is 0.146. The summed E-state index contributed by atoms with van der Waals surface area (Å²) in [6.45, 7) is 10.5. The summed E-state index contributed by atoms with van der Waals surface area (Å²) in [6, 6.07) is 25.4. The number of carbonyl (C=O) groups is 2. The molecule has 0 radical (unpaired) electrons. The van der Waals surface area contributed by atoms with Gasteiger partial charge in [0.2, 0.25) is 11.8 Å². The molecular weight excluding hydrogens is 652 g/mol. The first kappa shape index (κ1) is 38.1. The van der Waals surface area contributed by atoms with E-state index in [1.807, 2.05) is 24.3 Å². The fourth-order valence-electron chi connectivity index (χ4n) is 8.07. The standard InChI is InChI=1S/C43H58N4O5/c1-31-40(29-47-26-10-12-38(47)28-46-24-8-9-25-46)51-43(52-42(31)35-17-15-33(30-48)16-18-35)36-21-19-34(20-22-36)39-13-6-5-11-37(39)27-45-41(50)14-4-3-7-23-44-32(2)49/h5-6,11,13,15-22,31,38,40,42-43,48H,3-4,7-10,12,14,23-30H2,1-2H3,(H,44,49)(H,45,50). The van der Waals surface area contributed by atoms with Crippen molar-refractivity contribution in [2.24, 2.45) is 5.92 Å². The van der Waals surface area contributed by atoms with Crippen molar-refractivity contribution in [1.82, 2.24) is 20.4 Å². The Bertz CT molecular complexity index is 1580. The Morgan fingerprint density at radius 2 is 1.58 bits per heavy atom. The molecule has 3 aliphatic heterocycles. The highest BCUT2D eigenvalue weighted by atomic mass is 16.7. The zero-order valence-electron chi connectivity index (χ0n) is 31.1. The molecule has 280 valence electrons. The van der Waals surface area contributed by atoms with Crippen LogP contribution in [0.15, 0.2) is 72.8 Å². The van der Waals surface area contributed by atoms with Gasteiger partial charge in [0.05, 0.1) is 18.8 Å². The van der Waals surface area contributed by atoms with Crippen LogP contribution in [0.5, 0.6) is 0 Å². The van der Waals surface area contributed by atoms with Gasteiger partial charge in [0, 0.05) is 57.0 Å². The van der Waals surface area contributed by atoms with Crippen LogP contribution in [0.3, 0.4) is 0 Å². The summed E-state index contributed by atoms with van der Waals surface area (Å²) < 4.78 is 13.7. The van der Waals surface area contributed by atoms with Crippen LogP contribution in [0.4, 0.5) is 0 Å². The Labute approximate surface area is 310 Å². The summed E-state index contributed by atoms with van der Waals surface area (Å²) >= 11 is 0. The molecule has 3 heterocycles. The van der Waals surface area contributed by atoms with Gasteiger partial charge >= 0.3 is 0 Å². The van der Waals surface area contributed by atoms with Gasteiger partial charge in [-0.25, -0.2) is 0 Å². The van der Waals surface area contributed by atoms with E-state index in [1.165, 1.54) is 45.7 Å². The van der Waals surface area contributed by atoms with Crippen LogP contribution in [-0.4, -0.2) is 78.1 Å². The summed E-state index contributed by atoms with van der Waals surface area (Å²) in [5.74, 6) is 0.167. The first-order chi connectivity index (χ1) is 25.4. The summed E-state index contributed by atoms with van der Waals surface area (Å²) in [6.07, 6.45) is 7.51. The topological polar surface area (TPSA) is 103 Å². The van der Waals surface area contributed by atoms with Gasteiger partial charge in [0.25, 0.3) is 0 Å². The van der Waals surface area contributed by atoms with Gasteiger partial charge in [-0.1, -0.05) is 86.1 Å². The number of benzene rings is 3. The number of nitrogens with one attached hydrogen (secondary N) is 2. The third kappa shape index (κ3) is 10.3. The number of unbranched alkanes of at least 4 members (excludes halogenated alkanes) is 2. The smallest absolute Gasteiger partial charge is 0.220 e. The molecule has 3 aromatic carbocycles. The molecule has 3 aromatic rings. The number of aliphatic hydroxyl groups excluding tert-OH is 1. The van der Waals surface area contributed by atoms with Gasteiger partial charge in [-0.05, 0) is 86.0 Å². The lowest BCUT2D eigenvalue weighted by atomic mass is 9.89. The summed E-state index contributed by atoms with van der Waals surface area (Å²) in [7, 11) is 0. The van der Waals surface area contributed by atoms with Gasteiger partial charge in [-0.15, -0.1) is 0 Å². The SMILES string of the molecule is CC(=O)NCCCCCC(=O)NCc1ccccc1-c1ccc(C2OC(CN3CCCC3CN3CCCC3)C(C)C(c3ccc(CO)cc3)O2)cc1. The number of rotatable bonds is 16. The van der Waals surface area contributed by atoms with Gasteiger partial charge in [0.1, 0.15) is 0 Å². The number of amides is 2. The highest BCUT2D eigenvalue weighted by Crippen LogP contribution is 2.42. The number of hydrogen-bond donors (Lipinski definition) is 3. The minimum absolute atomic E-state index is 0.00155. The molecule has 0 aliphatic carbocycles. The van der Waals surface area contributed by atoms with Crippen molar-refractivity contribution in [3.63, 3.8) is 0 Å². The number of likely N-dealkylation sites (tertiary alicyclic amines) is 2. The molecule has 5 unspecified atom stereocenters. The number of ether oxygens (including phenoxy) is 2. The van der Waals surface area contributed by atoms with Crippen molar-refractivity contribution in [3.8, 4) is 11.1 Å². The lowest BCUT2D eigenvalue weighted by molar-refractivity contribution is -0.276. The lowest BCUT2D eigenvalue weighted by Gasteiger charge is -2.43. The monoisotopic (exact) mass is 710 g/mol. The zero-order chi connectivity index (χ0) is 36.3. The number of carbonyl (C=O) groups excluding carboxylic acids is 2. The van der Waals surface area contributed by atoms with Crippen molar-refractivity contribution < 1.29 is 24.2 Å². The molecule has 0 spiro atoms. The van der Waals surface area contributed by atoms with Crippen LogP contribution in [0.1, 0.15) is 99.9 Å². The van der Waals surface area contributed by atoms with E-state index in [-0.39, 0.29) is 36.5 Å². The first-order valence-corrected chi connectivity index (χ1v) is 19.5. The van der Waals surface area contributed by atoms with Crippen LogP contribution in [0.25, 0.3) is 11.1 Å². The Kier molecular flexibility index (Phi) is 13.9. The van der Waals surface area contributed by atoms with Crippen molar-refractivity contribution in [2.45, 2.75) is 103 Å². The largest absolute Gasteiger partial charge is 0.392 e. The second kappa shape index (κ2) is 18.9. The molecule has 52 heavy (non-hydrogen) atoms. The fraction of sp³-hybridized carbons (Fsp3) is 0.535. The van der Waals surface area contributed by atoms with E-state index in [2.05, 4.69) is 75.9 Å². The highest BCUT2D eigenvalue weighted by molar-refractivity contribution is 5.76. The third-order valence-electron chi connectivity index (χ3n) is 11.1. The van der Waals surface area contributed by atoms with Crippen LogP contribution >= 0.6 is 0 Å². The Morgan fingerprint density at radius 1 is 0.827 bits per heavy atom. The molecule has 3 aliphatic rings. The molecule has 2 amide bonds. The highest BCUT2D eigenvalue weighted by Gasteiger charge is 2.41. The van der Waals surface area contributed by atoms with Crippen LogP contribution in [-0.2, 0) is 32.2 Å². The zero-order valence-corrected chi connectivity index (χ0v) is 31.1. The third-order valence-corrected chi connectivity index (χ3v) is 11.1. The van der Waals surface area contributed by atoms with Crippen LogP contribution in [0.2, 0.25) is 0 Å². The maximum absolute atomic E-state index is 12.6. The van der Waals surface area contributed by atoms with Crippen LogP contribution < -0.4 is 10.6 Å². The lowest BCUT2D eigenvalue weighted by Crippen LogP contribution is -2.48. The normalized spacial score (nSPS) is 23.9. The van der Waals surface area contributed by atoms with Crippen molar-refractivity contribution in [1.29, 1.82) is 0 Å². The average Bonchev–Trinajstić information content (AvgIpc) is 3.85. The van der Waals surface area contributed by atoms with E-state index < -0.39 is 6.29 Å². The molecule has 9 heteroatoms. The van der Waals surface area contributed by atoms with E-state index in [4.69, 9.17) is 9.47 Å². The molecule has 3 N–H and O–H groups in total. The van der Waals surface area contributed by atoms with Gasteiger partial charge in [0.15, 0.2) is 6.29 Å². The van der Waals surface area contributed by atoms with Crippen molar-refractivity contribution >= 4 is 11.8 Å². The summed E-state index contributed by atoms with van der Waals surface area (Å²) in [4.78, 5) is 29.0. The van der Waals surface area contributed by atoms with E-state index >= 15 is 0 Å². The van der Waals surface area contributed by atoms with Gasteiger partial charge in [-0.3, -0.25) is 14.5 Å². The Hall–Kier alpha value is -3.60. The second-order valence-electron chi connectivity index (χ2n) is 15.0. The maximum atomic E-state index is 12.6. The minimum atomic E-state index is -0.509. The van der Waals surface area contributed by atoms with E-state index in [0.29, 0.717) is 25.6 Å². The molecule has 3 fully saturated rings. The fourth-order valence-corrected chi connectivity index (χ4v) is 8.07. The predicted molar refractivity (Wildman–Crippen MR) is 204 cm³/mol. The number of nitrogens with zero attached hydrogens (tertiary/aromatic N) is 2. The van der Waals surface area contributed by atoms with Crippen LogP contribution in [0, 0.1) is 5.92 Å². The molecule has 6 rings (SSSR count). The average molecular weight is 711 g/mol. The molecular formula is C43H58N4O5. The Balaban J connectivity index is 1.12. The van der Waals surface area contributed by atoms with Gasteiger partial charge in [-0.2, -0.15) is 0 Å². The molecule has 0 aromatic heterocycles. The van der Waals surface area contributed by atoms with Crippen molar-refractivity contribution in [3.05, 3.63) is 95.1 Å². The maximum Gasteiger partial charge on any atom is 0.220 e. The summed E-state index contributed by atoms with van der Waals surface area (Å²) in [5, 5.41) is 15.6. The molecule has 0 bridgehead atoms. The molecule has 0 saturated carbocycles. The molecule has 3 saturated heterocycles. The number of aliphatic hydroxyl groups is 1. The van der Waals surface area contributed by atoms with Gasteiger partial charge < -0.3 is 30.1 Å². The molecule has 5 atom stereocenters.